The normalized spacial score (nSPS) is 113. The fourth-order valence-electron chi connectivity index (χ4n) is 18.5. The van der Waals surface area contributed by atoms with Crippen molar-refractivity contribution in [1.29, 1.82) is 0 Å². The van der Waals surface area contributed by atoms with Crippen molar-refractivity contribution in [2.75, 3.05) is 19.6 Å². The Morgan fingerprint density at radius 2 is 1.47 bits per heavy atom. The predicted molar refractivity (Wildman–Crippen MR) is 71.3 cm³/mol. The van der Waals surface area contributed by atoms with Gasteiger partial charge < -0.3 is 0 Å². The summed E-state index contributed by atoms with van der Waals surface area (Å²) in [4.78, 5) is 15.9. The van der Waals surface area contributed by atoms with Gasteiger partial charge >= 0.3 is 104 Å². The average molecular weight is 295 g/mol. The van der Waals surface area contributed by atoms with Crippen molar-refractivity contribution in [2.45, 2.75) is 60.5 Å². The van der Waals surface area contributed by atoms with Crippen molar-refractivity contribution in [1.82, 2.24) is 4.90 Å². The van der Waals surface area contributed by atoms with Gasteiger partial charge in [0.1, 0.15) is 0 Å². The third-order valence-corrected chi connectivity index (χ3v) is 59.3. The molecule has 19 heavy (non-hydrogen) atoms. The molecule has 0 amide bonds. The van der Waals surface area contributed by atoms with Crippen LogP contribution in [0.25, 0.3) is 0 Å². The molecule has 0 N–H and O–H groups in total. The molecule has 0 radical (unpaired) electrons. The minimum atomic E-state index is -2.84. The quantitative estimate of drug-likeness (QED) is 0.551. The van der Waals surface area contributed by atoms with E-state index < -0.39 is 6.51 Å². The number of nitrogens with zero attached hydrogens (tertiary/aromatic N) is 1. The van der Waals surface area contributed by atoms with Gasteiger partial charge in [-0.3, -0.25) is 0 Å². The van der Waals surface area contributed by atoms with Crippen molar-refractivity contribution in [2.24, 2.45) is 0 Å². The Bertz CT molecular complexity index is 966. The van der Waals surface area contributed by atoms with Gasteiger partial charge in [-0.15, -0.1) is 0 Å². The monoisotopic (exact) mass is 295 g/mol. The molecule has 11 heterocycles. The molecular weight excluding hydrogens is 274 g/mol. The standard InChI is InChI=1S/C12H16N.C5H5.Fe/c1-11(12-6-2-3-7-12)10-13-8-4-5-9-13;1-2-4-5-3-1;/h2-3,6-7H,1,4-5,8-10H2;1-5H;. The predicted octanol–water partition coefficient (Wildman–Crippen LogP) is 4.40. The second kappa shape index (κ2) is 0.679. The molecule has 0 aromatic carbocycles. The molecule has 0 bridgehead atoms. The Morgan fingerprint density at radius 3 is 1.84 bits per heavy atom. The molecule has 4 unspecified atom stereocenters. The molecule has 0 aromatic rings. The van der Waals surface area contributed by atoms with E-state index in [2.05, 4.69) is 4.90 Å². The van der Waals surface area contributed by atoms with Gasteiger partial charge in [0.05, 0.1) is 0 Å². The van der Waals surface area contributed by atoms with Crippen LogP contribution in [0.3, 0.4) is 0 Å². The molecule has 1 spiro atoms. The van der Waals surface area contributed by atoms with Crippen LogP contribution < -0.4 is 0 Å². The zero-order valence-corrected chi connectivity index (χ0v) is 12.3. The molecule has 2 heteroatoms. The molecule has 0 aliphatic carbocycles. The number of likely N-dealkylation sites (tertiary alicyclic amines) is 1. The second-order valence-electron chi connectivity index (χ2n) is 12.3. The van der Waals surface area contributed by atoms with Crippen molar-refractivity contribution in [3.8, 4) is 0 Å². The van der Waals surface area contributed by atoms with Crippen molar-refractivity contribution in [3.05, 3.63) is 12.2 Å². The summed E-state index contributed by atoms with van der Waals surface area (Å²) < 4.78 is 0.974. The van der Waals surface area contributed by atoms with E-state index in [9.17, 15) is 0 Å². The summed E-state index contributed by atoms with van der Waals surface area (Å²) >= 11 is 0. The molecule has 11 fully saturated rings. The first-order valence-electron chi connectivity index (χ1n) is 8.66. The summed E-state index contributed by atoms with van der Waals surface area (Å²) in [7, 11) is 0. The van der Waals surface area contributed by atoms with Crippen LogP contribution in [0.15, 0.2) is 12.2 Å². The van der Waals surface area contributed by atoms with Gasteiger partial charge in [0, 0.05) is 0 Å². The van der Waals surface area contributed by atoms with Crippen LogP contribution in [-0.2, 0) is 6.51 Å². The zero-order valence-electron chi connectivity index (χ0n) is 11.2. The molecule has 4 atom stereocenters. The van der Waals surface area contributed by atoms with Gasteiger partial charge in [0.2, 0.25) is 0 Å². The zero-order chi connectivity index (χ0) is 11.7. The van der Waals surface area contributed by atoms with Crippen LogP contribution in [0, 0.1) is 0 Å². The Kier molecular flexibility index (Phi) is 0.267. The molecular formula is C17H21FeN. The number of hydrogen-bond donors (Lipinski definition) is 0. The molecule has 11 aliphatic rings. The first-order valence-corrected chi connectivity index (χ1v) is 15.0. The van der Waals surface area contributed by atoms with Crippen LogP contribution >= 0.6 is 0 Å². The third-order valence-electron chi connectivity index (χ3n) is 16.8. The summed E-state index contributed by atoms with van der Waals surface area (Å²) in [6.07, 6.45) is 2.91. The molecule has 0 saturated carbocycles. The van der Waals surface area contributed by atoms with Gasteiger partial charge in [-0.2, -0.15) is 0 Å². The van der Waals surface area contributed by atoms with Gasteiger partial charge in [0.25, 0.3) is 0 Å². The fourth-order valence-corrected chi connectivity index (χ4v) is 93.1. The van der Waals surface area contributed by atoms with Crippen LogP contribution in [0.4, 0.5) is 0 Å². The van der Waals surface area contributed by atoms with Crippen LogP contribution in [-0.4, -0.2) is 24.5 Å². The maximum atomic E-state index is 4.80. The second-order valence-corrected chi connectivity index (χ2v) is 35.8. The summed E-state index contributed by atoms with van der Waals surface area (Å²) in [5, 5.41) is 0. The van der Waals surface area contributed by atoms with Crippen molar-refractivity contribution in [3.63, 3.8) is 0 Å². The van der Waals surface area contributed by atoms with Gasteiger partial charge in [-0.1, -0.05) is 0 Å². The van der Waals surface area contributed by atoms with Gasteiger partial charge in [-0.05, 0) is 0 Å². The SMILES string of the molecule is C=C(CN1CCCC1)[C]12[CH]3[CH]4[CH]5[CH]1[Fe]45321678[CH]2[CH]1[CH]6[CH]7[CH]28. The first-order chi connectivity index (χ1) is 9.04. The molecule has 11 saturated heterocycles. The summed E-state index contributed by atoms with van der Waals surface area (Å²) in [6, 6.07) is 0. The molecule has 1 nitrogen and oxygen atoms in total. The van der Waals surface area contributed by atoms with Gasteiger partial charge in [0.15, 0.2) is 0 Å². The van der Waals surface area contributed by atoms with E-state index in [0.29, 0.717) is 0 Å². The Balaban J connectivity index is 1.29. The van der Waals surface area contributed by atoms with E-state index in [-0.39, 0.29) is 0 Å². The number of rotatable bonds is 3. The van der Waals surface area contributed by atoms with Crippen LogP contribution in [0.2, 0.25) is 47.7 Å². The van der Waals surface area contributed by atoms with E-state index in [0.717, 1.165) is 4.31 Å². The summed E-state index contributed by atoms with van der Waals surface area (Å²) in [5.41, 5.74) is 1.85. The van der Waals surface area contributed by atoms with E-state index in [1.165, 1.54) is 75.8 Å². The van der Waals surface area contributed by atoms with E-state index >= 15 is 0 Å². The maximum absolute atomic E-state index is 4.80. The average Bonchev–Trinajstić information content (AvgIpc) is 3.29. The molecule has 102 valence electrons. The molecule has 0 aromatic heterocycles. The van der Waals surface area contributed by atoms with Gasteiger partial charge in [-0.25, -0.2) is 0 Å². The van der Waals surface area contributed by atoms with E-state index in [1.807, 2.05) is 5.57 Å². The summed E-state index contributed by atoms with van der Waals surface area (Å²) in [6.45, 7) is 6.06. The first kappa shape index (κ1) is 7.47. The van der Waals surface area contributed by atoms with E-state index in [4.69, 9.17) is 6.58 Å². The molecule has 11 rings (SSSR count). The number of fused-ring (bicyclic) bond motifs is 10. The van der Waals surface area contributed by atoms with Crippen LogP contribution in [0.5, 0.6) is 0 Å². The van der Waals surface area contributed by atoms with Crippen LogP contribution in [0.1, 0.15) is 12.8 Å². The topological polar surface area (TPSA) is 3.24 Å². The molecule has 11 aliphatic heterocycles. The fraction of sp³-hybridized carbons (Fsp3) is 0.882. The Morgan fingerprint density at radius 1 is 0.947 bits per heavy atom. The Labute approximate surface area is 104 Å². The third kappa shape index (κ3) is 0.0904. The minimum absolute atomic E-state index is 0.974. The Hall–Kier alpha value is 0.219. The van der Waals surface area contributed by atoms with Crippen molar-refractivity contribution < 1.29 is 6.51 Å². The van der Waals surface area contributed by atoms with E-state index in [1.54, 1.807) is 0 Å². The van der Waals surface area contributed by atoms with Crippen molar-refractivity contribution >= 4 is 0 Å². The summed E-state index contributed by atoms with van der Waals surface area (Å²) in [5.74, 6) is 0. The number of hydrogen-bond acceptors (Lipinski definition) is 1.